The first kappa shape index (κ1) is 22.6. The fourth-order valence-corrected chi connectivity index (χ4v) is 4.25. The van der Waals surface area contributed by atoms with Crippen LogP contribution in [0.3, 0.4) is 0 Å². The van der Waals surface area contributed by atoms with Crippen molar-refractivity contribution < 1.29 is 26.8 Å². The van der Waals surface area contributed by atoms with E-state index in [2.05, 4.69) is 0 Å². The van der Waals surface area contributed by atoms with Gasteiger partial charge in [-0.05, 0) is 12.1 Å². The van der Waals surface area contributed by atoms with Gasteiger partial charge in [0.25, 0.3) is 20.1 Å². The third-order valence-electron chi connectivity index (χ3n) is 3.13. The first-order valence-electron chi connectivity index (χ1n) is 6.32. The quantitative estimate of drug-likeness (QED) is 0.348. The maximum absolute atomic E-state index is 13.7. The topological polar surface area (TPSA) is 68.3 Å². The van der Waals surface area contributed by atoms with Gasteiger partial charge in [-0.1, -0.05) is 69.6 Å². The van der Waals surface area contributed by atoms with E-state index in [-0.39, 0.29) is 0 Å². The number of carbonyl (C=O) groups is 2. The highest BCUT2D eigenvalue weighted by Crippen LogP contribution is 2.38. The smallest absolute Gasteiger partial charge is 0.275 e. The van der Waals surface area contributed by atoms with Gasteiger partial charge in [0, 0.05) is 0 Å². The van der Waals surface area contributed by atoms with Gasteiger partial charge in [0.05, 0.1) is 41.3 Å². The Labute approximate surface area is 180 Å². The zero-order valence-corrected chi connectivity index (χ0v) is 17.6. The summed E-state index contributed by atoms with van der Waals surface area (Å²) in [7, 11) is -5.37. The summed E-state index contributed by atoms with van der Waals surface area (Å²) in [5, 5.41) is -7.79. The van der Waals surface area contributed by atoms with Crippen molar-refractivity contribution in [1.29, 1.82) is 0 Å². The molecular formula is C14H2Cl6F2O4S. The maximum atomic E-state index is 13.7. The van der Waals surface area contributed by atoms with Gasteiger partial charge in [0.15, 0.2) is 0 Å². The van der Waals surface area contributed by atoms with Crippen LogP contribution in [0.5, 0.6) is 0 Å². The fraction of sp³-hybridized carbons (Fsp3) is 0. The van der Waals surface area contributed by atoms with Crippen molar-refractivity contribution in [3.63, 3.8) is 0 Å². The summed E-state index contributed by atoms with van der Waals surface area (Å²) in [5.41, 5.74) is -1.90. The zero-order chi connectivity index (χ0) is 20.8. The van der Waals surface area contributed by atoms with E-state index in [0.717, 1.165) is 0 Å². The molecule has 144 valence electrons. The molecule has 2 aromatic rings. The molecular weight excluding hydrogens is 515 g/mol. The van der Waals surface area contributed by atoms with Crippen molar-refractivity contribution in [2.45, 2.75) is 0 Å². The molecule has 13 heteroatoms. The molecule has 2 aromatic carbocycles. The molecule has 0 unspecified atom stereocenters. The molecule has 0 aliphatic heterocycles. The van der Waals surface area contributed by atoms with Gasteiger partial charge >= 0.3 is 0 Å². The fourth-order valence-electron chi connectivity index (χ4n) is 1.82. The summed E-state index contributed by atoms with van der Waals surface area (Å²) in [6.07, 6.45) is 0. The average Bonchev–Trinajstić information content (AvgIpc) is 2.62. The minimum absolute atomic E-state index is 0.390. The zero-order valence-electron chi connectivity index (χ0n) is 12.2. The van der Waals surface area contributed by atoms with E-state index in [1.165, 1.54) is 0 Å². The molecule has 0 amide bonds. The van der Waals surface area contributed by atoms with Gasteiger partial charge in [-0.15, -0.1) is 0 Å². The van der Waals surface area contributed by atoms with Crippen molar-refractivity contribution in [2.75, 3.05) is 0 Å². The molecule has 0 bridgehead atoms. The Morgan fingerprint density at radius 3 is 1.22 bits per heavy atom. The second-order valence-corrected chi connectivity index (χ2v) is 8.79. The van der Waals surface area contributed by atoms with Crippen LogP contribution in [0.25, 0.3) is 0 Å². The normalized spacial score (nSPS) is 11.6. The monoisotopic (exact) mass is 514 g/mol. The van der Waals surface area contributed by atoms with Gasteiger partial charge in [0.1, 0.15) is 11.6 Å². The lowest BCUT2D eigenvalue weighted by atomic mass is 10.2. The molecule has 0 fully saturated rings. The number of rotatable bonds is 2. The molecule has 2 rings (SSSR count). The van der Waals surface area contributed by atoms with E-state index in [1.807, 2.05) is 0 Å². The second kappa shape index (κ2) is 7.99. The van der Waals surface area contributed by atoms with E-state index in [4.69, 9.17) is 69.6 Å². The Morgan fingerprint density at radius 2 is 0.926 bits per heavy atom. The highest BCUT2D eigenvalue weighted by molar-refractivity contribution is 8.19. The minimum atomic E-state index is -5.37. The second-order valence-electron chi connectivity index (χ2n) is 4.77. The highest BCUT2D eigenvalue weighted by atomic mass is 35.5. The summed E-state index contributed by atoms with van der Waals surface area (Å²) in [4.78, 5) is 24.6. The van der Waals surface area contributed by atoms with Crippen molar-refractivity contribution >= 4 is 89.7 Å². The van der Waals surface area contributed by atoms with Crippen LogP contribution in [0.4, 0.5) is 8.78 Å². The van der Waals surface area contributed by atoms with Crippen LogP contribution in [0.1, 0.15) is 20.7 Å². The largest absolute Gasteiger partial charge is 0.286 e. The molecule has 0 aromatic heterocycles. The molecule has 0 heterocycles. The molecule has 0 atom stereocenters. The van der Waals surface area contributed by atoms with Gasteiger partial charge in [-0.25, -0.2) is 17.2 Å². The molecule has 0 saturated carbocycles. The van der Waals surface area contributed by atoms with Crippen molar-refractivity contribution in [1.82, 2.24) is 0 Å². The van der Waals surface area contributed by atoms with Gasteiger partial charge in [0.2, 0.25) is 0 Å². The summed E-state index contributed by atoms with van der Waals surface area (Å²) >= 11 is 33.7. The van der Waals surface area contributed by atoms with Gasteiger partial charge < -0.3 is 0 Å². The van der Waals surface area contributed by atoms with Crippen molar-refractivity contribution in [3.05, 3.63) is 65.0 Å². The summed E-state index contributed by atoms with van der Waals surface area (Å²) in [5.74, 6) is -2.51. The predicted octanol–water partition coefficient (Wildman–Crippen LogP) is 6.28. The molecule has 0 spiro atoms. The van der Waals surface area contributed by atoms with E-state index in [9.17, 15) is 26.8 Å². The first-order valence-corrected chi connectivity index (χ1v) is 10.1. The summed E-state index contributed by atoms with van der Waals surface area (Å²) in [6.45, 7) is 0. The van der Waals surface area contributed by atoms with E-state index in [0.29, 0.717) is 12.1 Å². The lowest BCUT2D eigenvalue weighted by Crippen LogP contribution is -2.25. The molecule has 0 saturated heterocycles. The number of carbonyl (C=O) groups excluding carboxylic acids is 2. The number of hydrogen-bond donors (Lipinski definition) is 0. The Balaban J connectivity index is 2.64. The van der Waals surface area contributed by atoms with Crippen molar-refractivity contribution in [3.8, 4) is 0 Å². The van der Waals surface area contributed by atoms with E-state index < -0.39 is 73.0 Å². The Hall–Kier alpha value is -0.670. The molecule has 4 nitrogen and oxygen atoms in total. The summed E-state index contributed by atoms with van der Waals surface area (Å²) in [6, 6.07) is 0.779. The Bertz CT molecular complexity index is 1040. The maximum Gasteiger partial charge on any atom is 0.286 e. The third-order valence-corrected chi connectivity index (χ3v) is 7.22. The van der Waals surface area contributed by atoms with Crippen LogP contribution in [0.15, 0.2) is 12.1 Å². The van der Waals surface area contributed by atoms with Crippen LogP contribution in [0.2, 0.25) is 30.1 Å². The van der Waals surface area contributed by atoms with E-state index in [1.54, 1.807) is 0 Å². The average molecular weight is 517 g/mol. The summed E-state index contributed by atoms with van der Waals surface area (Å²) < 4.78 is 52.1. The SMILES string of the molecule is O=C(c1cc(F)c(Cl)c(Cl)c1Cl)S(=O)(=O)C(=O)c1cc(F)c(Cl)c(Cl)c1Cl. The van der Waals surface area contributed by atoms with Crippen LogP contribution >= 0.6 is 69.6 Å². The van der Waals surface area contributed by atoms with E-state index >= 15 is 0 Å². The Kier molecular flexibility index (Phi) is 6.69. The molecule has 27 heavy (non-hydrogen) atoms. The molecule has 0 aliphatic rings. The molecule has 0 radical (unpaired) electrons. The van der Waals surface area contributed by atoms with Crippen LogP contribution < -0.4 is 0 Å². The van der Waals surface area contributed by atoms with Crippen molar-refractivity contribution in [2.24, 2.45) is 0 Å². The Morgan fingerprint density at radius 1 is 0.630 bits per heavy atom. The lowest BCUT2D eigenvalue weighted by Gasteiger charge is -2.10. The molecule has 0 N–H and O–H groups in total. The number of benzene rings is 2. The van der Waals surface area contributed by atoms with Crippen LogP contribution in [-0.2, 0) is 9.84 Å². The molecule has 0 aliphatic carbocycles. The standard InChI is InChI=1S/C14H2Cl6F2O4S/c15-7-3(1-5(21)9(17)11(7)19)13(23)27(25,26)14(24)4-2-6(22)10(18)12(20)8(4)16/h1-2H. The predicted molar refractivity (Wildman–Crippen MR) is 100 cm³/mol. The number of hydrogen-bond acceptors (Lipinski definition) is 4. The highest BCUT2D eigenvalue weighted by Gasteiger charge is 2.38. The van der Waals surface area contributed by atoms with Gasteiger partial charge in [-0.3, -0.25) is 9.59 Å². The third kappa shape index (κ3) is 3.92. The van der Waals surface area contributed by atoms with Gasteiger partial charge in [-0.2, -0.15) is 0 Å². The lowest BCUT2D eigenvalue weighted by molar-refractivity contribution is 0.104. The van der Waals surface area contributed by atoms with Crippen LogP contribution in [-0.4, -0.2) is 18.6 Å². The number of halogens is 8. The van der Waals surface area contributed by atoms with Crippen LogP contribution in [0, 0.1) is 11.6 Å². The number of sulfone groups is 1. The minimum Gasteiger partial charge on any atom is -0.275 e. The first-order chi connectivity index (χ1) is 12.3.